The second-order valence-electron chi connectivity index (χ2n) is 7.04. The van der Waals surface area contributed by atoms with E-state index in [9.17, 15) is 4.79 Å². The molecule has 3 aromatic rings. The van der Waals surface area contributed by atoms with Gasteiger partial charge in [0.15, 0.2) is 5.69 Å². The molecule has 1 amide bonds. The van der Waals surface area contributed by atoms with Crippen LogP contribution >= 0.6 is 0 Å². The van der Waals surface area contributed by atoms with Crippen molar-refractivity contribution in [2.75, 3.05) is 6.54 Å². The third-order valence-electron chi connectivity index (χ3n) is 5.13. The minimum Gasteiger partial charge on any atom is -0.337 e. The number of imidazole rings is 1. The number of nitrogens with one attached hydrogen (secondary N) is 2. The standard InChI is InChI=1S/C20H24N6O/c1-13-4-6-14(7-5-13)17(19-22-10-11-25(19)2)23-20(27)18-15-12-21-9-8-16(15)26(3)24-18/h4-7,10-11,17,21H,8-9,12H2,1-3H3,(H,23,27). The lowest BCUT2D eigenvalue weighted by molar-refractivity contribution is 0.0934. The summed E-state index contributed by atoms with van der Waals surface area (Å²) in [5.41, 5.74) is 4.78. The van der Waals surface area contributed by atoms with Gasteiger partial charge in [0, 0.05) is 57.3 Å². The smallest absolute Gasteiger partial charge is 0.272 e. The van der Waals surface area contributed by atoms with Gasteiger partial charge in [-0.15, -0.1) is 0 Å². The van der Waals surface area contributed by atoms with E-state index in [1.807, 2.05) is 60.7 Å². The van der Waals surface area contributed by atoms with Crippen molar-refractivity contribution in [2.45, 2.75) is 25.9 Å². The Morgan fingerprint density at radius 1 is 1.26 bits per heavy atom. The van der Waals surface area contributed by atoms with Crippen molar-refractivity contribution in [3.8, 4) is 0 Å². The molecule has 2 N–H and O–H groups in total. The SMILES string of the molecule is Cc1ccc(C(NC(=O)c2nn(C)c3c2CNCC3)c2nccn2C)cc1. The fourth-order valence-corrected chi connectivity index (χ4v) is 3.61. The van der Waals surface area contributed by atoms with Gasteiger partial charge in [-0.2, -0.15) is 5.10 Å². The average Bonchev–Trinajstić information content (AvgIpc) is 3.24. The predicted molar refractivity (Wildman–Crippen MR) is 102 cm³/mol. The van der Waals surface area contributed by atoms with Crippen molar-refractivity contribution < 1.29 is 4.79 Å². The first-order valence-electron chi connectivity index (χ1n) is 9.14. The van der Waals surface area contributed by atoms with Gasteiger partial charge in [-0.3, -0.25) is 9.48 Å². The highest BCUT2D eigenvalue weighted by molar-refractivity contribution is 5.94. The number of hydrogen-bond acceptors (Lipinski definition) is 4. The molecule has 140 valence electrons. The van der Waals surface area contributed by atoms with Gasteiger partial charge in [0.05, 0.1) is 0 Å². The summed E-state index contributed by atoms with van der Waals surface area (Å²) in [4.78, 5) is 17.6. The first-order chi connectivity index (χ1) is 13.0. The second kappa shape index (κ2) is 7.00. The van der Waals surface area contributed by atoms with E-state index >= 15 is 0 Å². The minimum atomic E-state index is -0.340. The van der Waals surface area contributed by atoms with E-state index in [2.05, 4.69) is 20.7 Å². The highest BCUT2D eigenvalue weighted by Gasteiger charge is 2.27. The Kier molecular flexibility index (Phi) is 4.53. The first kappa shape index (κ1) is 17.5. The van der Waals surface area contributed by atoms with Crippen molar-refractivity contribution in [1.29, 1.82) is 0 Å². The summed E-state index contributed by atoms with van der Waals surface area (Å²) in [5.74, 6) is 0.610. The molecule has 0 spiro atoms. The summed E-state index contributed by atoms with van der Waals surface area (Å²) in [6, 6.07) is 7.82. The highest BCUT2D eigenvalue weighted by Crippen LogP contribution is 2.23. The third-order valence-corrected chi connectivity index (χ3v) is 5.13. The Labute approximate surface area is 158 Å². The largest absolute Gasteiger partial charge is 0.337 e. The number of benzene rings is 1. The van der Waals surface area contributed by atoms with Gasteiger partial charge in [-0.1, -0.05) is 29.8 Å². The zero-order chi connectivity index (χ0) is 19.0. The fraction of sp³-hybridized carbons (Fsp3) is 0.350. The van der Waals surface area contributed by atoms with E-state index in [4.69, 9.17) is 0 Å². The van der Waals surface area contributed by atoms with Crippen LogP contribution in [0.1, 0.15) is 44.7 Å². The average molecular weight is 364 g/mol. The number of rotatable bonds is 4. The maximum atomic E-state index is 13.1. The second-order valence-corrected chi connectivity index (χ2v) is 7.04. The number of hydrogen-bond donors (Lipinski definition) is 2. The van der Waals surface area contributed by atoms with Crippen molar-refractivity contribution >= 4 is 5.91 Å². The molecular formula is C20H24N6O. The molecule has 1 unspecified atom stereocenters. The van der Waals surface area contributed by atoms with Gasteiger partial charge in [0.2, 0.25) is 0 Å². The lowest BCUT2D eigenvalue weighted by Crippen LogP contribution is -2.33. The third kappa shape index (κ3) is 3.26. The molecule has 1 aliphatic rings. The Morgan fingerprint density at radius 2 is 2.04 bits per heavy atom. The van der Waals surface area contributed by atoms with Crippen LogP contribution in [0.5, 0.6) is 0 Å². The predicted octanol–water partition coefficient (Wildman–Crippen LogP) is 1.63. The van der Waals surface area contributed by atoms with Gasteiger partial charge in [-0.25, -0.2) is 4.98 Å². The van der Waals surface area contributed by atoms with Crippen LogP contribution in [0.3, 0.4) is 0 Å². The van der Waals surface area contributed by atoms with Gasteiger partial charge in [0.1, 0.15) is 11.9 Å². The molecule has 0 fully saturated rings. The molecule has 4 rings (SSSR count). The fourth-order valence-electron chi connectivity index (χ4n) is 3.61. The lowest BCUT2D eigenvalue weighted by atomic mass is 10.0. The topological polar surface area (TPSA) is 76.8 Å². The Morgan fingerprint density at radius 3 is 2.74 bits per heavy atom. The zero-order valence-corrected chi connectivity index (χ0v) is 15.9. The van der Waals surface area contributed by atoms with Crippen LogP contribution in [0.15, 0.2) is 36.7 Å². The van der Waals surface area contributed by atoms with Crippen LogP contribution in [-0.4, -0.2) is 31.8 Å². The van der Waals surface area contributed by atoms with Gasteiger partial charge < -0.3 is 15.2 Å². The summed E-state index contributed by atoms with van der Waals surface area (Å²) in [7, 11) is 3.83. The van der Waals surface area contributed by atoms with Crippen LogP contribution in [0.4, 0.5) is 0 Å². The summed E-state index contributed by atoms with van der Waals surface area (Å²) in [6.07, 6.45) is 4.51. The maximum Gasteiger partial charge on any atom is 0.272 e. The molecule has 0 saturated heterocycles. The van der Waals surface area contributed by atoms with Crippen molar-refractivity contribution in [1.82, 2.24) is 30.0 Å². The zero-order valence-electron chi connectivity index (χ0n) is 15.9. The molecule has 1 atom stereocenters. The van der Waals surface area contributed by atoms with Gasteiger partial charge in [0.25, 0.3) is 5.91 Å². The molecule has 7 heteroatoms. The number of fused-ring (bicyclic) bond motifs is 1. The summed E-state index contributed by atoms with van der Waals surface area (Å²) in [6.45, 7) is 3.63. The molecular weight excluding hydrogens is 340 g/mol. The highest BCUT2D eigenvalue weighted by atomic mass is 16.2. The monoisotopic (exact) mass is 364 g/mol. The Balaban J connectivity index is 1.69. The number of carbonyl (C=O) groups excluding carboxylic acids is 1. The van der Waals surface area contributed by atoms with E-state index in [-0.39, 0.29) is 11.9 Å². The van der Waals surface area contributed by atoms with Gasteiger partial charge in [-0.05, 0) is 12.5 Å². The first-order valence-corrected chi connectivity index (χ1v) is 9.14. The lowest BCUT2D eigenvalue weighted by Gasteiger charge is -2.20. The molecule has 0 aliphatic carbocycles. The van der Waals surface area contributed by atoms with E-state index in [1.165, 1.54) is 5.56 Å². The minimum absolute atomic E-state index is 0.177. The summed E-state index contributed by atoms with van der Waals surface area (Å²) >= 11 is 0. The van der Waals surface area contributed by atoms with E-state index in [1.54, 1.807) is 6.20 Å². The normalized spacial score (nSPS) is 14.6. The molecule has 0 saturated carbocycles. The van der Waals surface area contributed by atoms with Gasteiger partial charge >= 0.3 is 0 Å². The van der Waals surface area contributed by atoms with Crippen molar-refractivity contribution in [3.63, 3.8) is 0 Å². The Bertz CT molecular complexity index is 969. The van der Waals surface area contributed by atoms with Crippen LogP contribution in [0, 0.1) is 6.92 Å². The van der Waals surface area contributed by atoms with E-state index in [0.717, 1.165) is 35.6 Å². The van der Waals surface area contributed by atoms with Crippen LogP contribution in [0.2, 0.25) is 0 Å². The molecule has 7 nitrogen and oxygen atoms in total. The number of nitrogens with zero attached hydrogens (tertiary/aromatic N) is 4. The Hall–Kier alpha value is -2.93. The van der Waals surface area contributed by atoms with Crippen LogP contribution < -0.4 is 10.6 Å². The van der Waals surface area contributed by atoms with Crippen molar-refractivity contribution in [2.24, 2.45) is 14.1 Å². The van der Waals surface area contributed by atoms with E-state index < -0.39 is 0 Å². The number of aryl methyl sites for hydroxylation is 3. The molecule has 0 radical (unpaired) electrons. The molecule has 27 heavy (non-hydrogen) atoms. The number of amides is 1. The number of carbonyl (C=O) groups is 1. The van der Waals surface area contributed by atoms with Crippen molar-refractivity contribution in [3.05, 3.63) is 70.6 Å². The molecule has 1 aliphatic heterocycles. The van der Waals surface area contributed by atoms with Crippen LogP contribution in [0.25, 0.3) is 0 Å². The quantitative estimate of drug-likeness (QED) is 0.738. The summed E-state index contributed by atoms with van der Waals surface area (Å²) < 4.78 is 3.76. The molecule has 1 aromatic carbocycles. The molecule has 3 heterocycles. The molecule has 2 aromatic heterocycles. The van der Waals surface area contributed by atoms with Crippen LogP contribution in [-0.2, 0) is 27.1 Å². The summed E-state index contributed by atoms with van der Waals surface area (Å²) in [5, 5.41) is 11.0. The maximum absolute atomic E-state index is 13.1. The van der Waals surface area contributed by atoms with E-state index in [0.29, 0.717) is 12.2 Å². The number of aromatic nitrogens is 4. The molecule has 0 bridgehead atoms.